The van der Waals surface area contributed by atoms with Crippen LogP contribution in [-0.2, 0) is 4.79 Å². The molecular formula is C18H20FN3O2S. The number of hydrogen-bond acceptors (Lipinski definition) is 5. The maximum absolute atomic E-state index is 13.1. The van der Waals surface area contributed by atoms with Crippen LogP contribution in [-0.4, -0.2) is 58.2 Å². The third-order valence-corrected chi connectivity index (χ3v) is 6.02. The van der Waals surface area contributed by atoms with Crippen LogP contribution in [0.2, 0.25) is 0 Å². The summed E-state index contributed by atoms with van der Waals surface area (Å²) in [7, 11) is 0. The van der Waals surface area contributed by atoms with Gasteiger partial charge in [-0.25, -0.2) is 4.39 Å². The van der Waals surface area contributed by atoms with E-state index in [2.05, 4.69) is 14.8 Å². The number of thioether (sulfide) groups is 1. The summed E-state index contributed by atoms with van der Waals surface area (Å²) < 4.78 is 13.1. The summed E-state index contributed by atoms with van der Waals surface area (Å²) >= 11 is 1.33. The number of amides is 1. The van der Waals surface area contributed by atoms with Crippen LogP contribution < -0.4 is 0 Å². The van der Waals surface area contributed by atoms with Crippen LogP contribution in [0.4, 0.5) is 4.39 Å². The third-order valence-electron chi connectivity index (χ3n) is 4.98. The van der Waals surface area contributed by atoms with E-state index >= 15 is 0 Å². The monoisotopic (exact) mass is 361 g/mol. The first-order chi connectivity index (χ1) is 12.1. The number of benzene rings is 1. The first-order valence-corrected chi connectivity index (χ1v) is 9.42. The van der Waals surface area contributed by atoms with E-state index in [4.69, 9.17) is 0 Å². The van der Waals surface area contributed by atoms with Gasteiger partial charge in [-0.15, -0.1) is 0 Å². The lowest BCUT2D eigenvalue weighted by Gasteiger charge is -2.23. The highest BCUT2D eigenvalue weighted by Crippen LogP contribution is 2.34. The fourth-order valence-corrected chi connectivity index (χ4v) is 4.57. The molecule has 25 heavy (non-hydrogen) atoms. The van der Waals surface area contributed by atoms with Gasteiger partial charge in [0.1, 0.15) is 11.6 Å². The number of aromatic hydroxyl groups is 1. The number of phenolic OH excluding ortho intramolecular Hbond substituents is 1. The van der Waals surface area contributed by atoms with Gasteiger partial charge in [-0.1, -0.05) is 0 Å². The molecule has 132 valence electrons. The van der Waals surface area contributed by atoms with Crippen molar-refractivity contribution in [3.8, 4) is 5.75 Å². The first-order valence-electron chi connectivity index (χ1n) is 8.60. The minimum Gasteiger partial charge on any atom is -0.507 e. The molecule has 3 aliphatic heterocycles. The number of phenols is 1. The van der Waals surface area contributed by atoms with E-state index in [1.807, 2.05) is 0 Å². The van der Waals surface area contributed by atoms with Crippen molar-refractivity contribution in [2.45, 2.75) is 25.3 Å². The highest BCUT2D eigenvalue weighted by Gasteiger charge is 2.34. The van der Waals surface area contributed by atoms with Crippen LogP contribution in [0.3, 0.4) is 0 Å². The summed E-state index contributed by atoms with van der Waals surface area (Å²) in [4.78, 5) is 21.5. The molecule has 0 bridgehead atoms. The van der Waals surface area contributed by atoms with Crippen molar-refractivity contribution < 1.29 is 14.3 Å². The molecule has 2 fully saturated rings. The lowest BCUT2D eigenvalue weighted by molar-refractivity contribution is -0.113. The van der Waals surface area contributed by atoms with E-state index in [9.17, 15) is 14.3 Å². The molecule has 7 heteroatoms. The molecule has 0 spiro atoms. The molecule has 3 heterocycles. The molecule has 4 rings (SSSR count). The van der Waals surface area contributed by atoms with Crippen LogP contribution in [0.1, 0.15) is 24.8 Å². The van der Waals surface area contributed by atoms with Crippen LogP contribution in [0.15, 0.2) is 28.1 Å². The fraction of sp³-hybridized carbons (Fsp3) is 0.444. The number of hydrogen-bond donors (Lipinski definition) is 1. The van der Waals surface area contributed by atoms with E-state index < -0.39 is 5.82 Å². The Kier molecular flexibility index (Phi) is 4.52. The molecule has 0 saturated carbocycles. The standard InChI is InChI=1S/C18H20FN3O2S/c19-13-4-3-12(15(23)10-13)9-16-17(24)20-18(25-16)22-8-5-14(11-22)21-6-1-2-7-21/h3-4,9-10,14,23H,1-2,5-8,11H2/t14-/m0/s1. The van der Waals surface area contributed by atoms with E-state index in [1.54, 1.807) is 6.08 Å². The summed E-state index contributed by atoms with van der Waals surface area (Å²) in [6.07, 6.45) is 5.23. The van der Waals surface area contributed by atoms with Crippen molar-refractivity contribution in [2.75, 3.05) is 26.2 Å². The summed E-state index contributed by atoms with van der Waals surface area (Å²) in [6, 6.07) is 4.32. The number of nitrogens with zero attached hydrogens (tertiary/aromatic N) is 3. The maximum atomic E-state index is 13.1. The van der Waals surface area contributed by atoms with Gasteiger partial charge in [0, 0.05) is 30.8 Å². The van der Waals surface area contributed by atoms with Crippen molar-refractivity contribution in [3.05, 3.63) is 34.5 Å². The first kappa shape index (κ1) is 16.6. The van der Waals surface area contributed by atoms with Gasteiger partial charge in [-0.05, 0) is 62.3 Å². The Balaban J connectivity index is 1.45. The molecule has 3 aliphatic rings. The highest BCUT2D eigenvalue weighted by molar-refractivity contribution is 8.18. The molecule has 0 radical (unpaired) electrons. The van der Waals surface area contributed by atoms with Gasteiger partial charge in [0.05, 0.1) is 4.91 Å². The SMILES string of the molecule is O=C1N=C(N2CC[C@H](N3CCCC3)C2)SC1=Cc1ccc(F)cc1O. The lowest BCUT2D eigenvalue weighted by atomic mass is 10.2. The van der Waals surface area contributed by atoms with Crippen LogP contribution in [0, 0.1) is 5.82 Å². The normalized spacial score (nSPS) is 26.0. The summed E-state index contributed by atoms with van der Waals surface area (Å²) in [6.45, 7) is 4.17. The minimum absolute atomic E-state index is 0.176. The van der Waals surface area contributed by atoms with Gasteiger partial charge < -0.3 is 10.0 Å². The van der Waals surface area contributed by atoms with Gasteiger partial charge in [-0.3, -0.25) is 9.69 Å². The largest absolute Gasteiger partial charge is 0.507 e. The number of likely N-dealkylation sites (tertiary alicyclic amines) is 2. The number of carbonyl (C=O) groups excluding carboxylic acids is 1. The molecule has 2 saturated heterocycles. The second kappa shape index (κ2) is 6.80. The number of carbonyl (C=O) groups is 1. The van der Waals surface area contributed by atoms with E-state index in [-0.39, 0.29) is 11.7 Å². The number of rotatable bonds is 2. The lowest BCUT2D eigenvalue weighted by Crippen LogP contribution is -2.36. The molecule has 1 aromatic rings. The molecule has 0 unspecified atom stereocenters. The molecule has 1 N–H and O–H groups in total. The van der Waals surface area contributed by atoms with Crippen LogP contribution in [0.5, 0.6) is 5.75 Å². The topological polar surface area (TPSA) is 56.1 Å². The quantitative estimate of drug-likeness (QED) is 0.821. The maximum Gasteiger partial charge on any atom is 0.286 e. The highest BCUT2D eigenvalue weighted by atomic mass is 32.2. The van der Waals surface area contributed by atoms with Crippen molar-refractivity contribution in [2.24, 2.45) is 4.99 Å². The Morgan fingerprint density at radius 2 is 2.08 bits per heavy atom. The zero-order valence-corrected chi connectivity index (χ0v) is 14.6. The summed E-state index contributed by atoms with van der Waals surface area (Å²) in [5.74, 6) is -0.982. The van der Waals surface area contributed by atoms with Crippen molar-refractivity contribution in [1.82, 2.24) is 9.80 Å². The molecule has 1 amide bonds. The van der Waals surface area contributed by atoms with Crippen molar-refractivity contribution in [1.29, 1.82) is 0 Å². The fourth-order valence-electron chi connectivity index (χ4n) is 3.63. The minimum atomic E-state index is -0.507. The Bertz CT molecular complexity index is 759. The molecule has 0 aromatic heterocycles. The van der Waals surface area contributed by atoms with E-state index in [1.165, 1.54) is 49.8 Å². The van der Waals surface area contributed by atoms with Crippen molar-refractivity contribution >= 4 is 28.9 Å². The van der Waals surface area contributed by atoms with Crippen LogP contribution in [0.25, 0.3) is 6.08 Å². The predicted molar refractivity (Wildman–Crippen MR) is 96.9 cm³/mol. The Hall–Kier alpha value is -1.86. The Morgan fingerprint density at radius 3 is 2.84 bits per heavy atom. The second-order valence-electron chi connectivity index (χ2n) is 6.64. The predicted octanol–water partition coefficient (Wildman–Crippen LogP) is 2.67. The second-order valence-corrected chi connectivity index (χ2v) is 7.65. The smallest absolute Gasteiger partial charge is 0.286 e. The average Bonchev–Trinajstić information content (AvgIpc) is 3.31. The number of aliphatic imine (C=N–C) groups is 1. The van der Waals surface area contributed by atoms with Gasteiger partial charge in [0.15, 0.2) is 5.17 Å². The number of halogens is 1. The van der Waals surface area contributed by atoms with Crippen LogP contribution >= 0.6 is 11.8 Å². The third kappa shape index (κ3) is 3.43. The Labute approximate surface area is 150 Å². The summed E-state index contributed by atoms with van der Waals surface area (Å²) in [5.41, 5.74) is 0.421. The van der Waals surface area contributed by atoms with E-state index in [0.717, 1.165) is 30.7 Å². The molecular weight excluding hydrogens is 341 g/mol. The van der Waals surface area contributed by atoms with Crippen molar-refractivity contribution in [3.63, 3.8) is 0 Å². The summed E-state index contributed by atoms with van der Waals surface area (Å²) in [5, 5.41) is 10.5. The average molecular weight is 361 g/mol. The van der Waals surface area contributed by atoms with Gasteiger partial charge in [0.25, 0.3) is 5.91 Å². The molecule has 1 atom stereocenters. The van der Waals surface area contributed by atoms with Gasteiger partial charge >= 0.3 is 0 Å². The van der Waals surface area contributed by atoms with E-state index in [0.29, 0.717) is 16.5 Å². The Morgan fingerprint density at radius 1 is 1.28 bits per heavy atom. The van der Waals surface area contributed by atoms with Gasteiger partial charge in [0.2, 0.25) is 0 Å². The number of amidine groups is 1. The molecule has 5 nitrogen and oxygen atoms in total. The molecule has 0 aliphatic carbocycles. The zero-order chi connectivity index (χ0) is 17.4. The zero-order valence-electron chi connectivity index (χ0n) is 13.8. The van der Waals surface area contributed by atoms with Gasteiger partial charge in [-0.2, -0.15) is 4.99 Å². The molecule has 1 aromatic carbocycles.